The standard InChI is InChI=1S/C17H19Cl2N3O3/c1-9(2)14-8-13(21-22(14)4)15(23)20-17(3,16(24)25)10-5-6-11(18)12(19)7-10/h5-9H,1-4H3,(H,20,23)(H,24,25). The first-order valence-electron chi connectivity index (χ1n) is 7.61. The molecule has 134 valence electrons. The number of benzene rings is 1. The summed E-state index contributed by atoms with van der Waals surface area (Å²) in [6, 6.07) is 6.08. The SMILES string of the molecule is CC(C)c1cc(C(=O)NC(C)(C(=O)O)c2ccc(Cl)c(Cl)c2)nn1C. The third-order valence-corrected chi connectivity index (χ3v) is 4.77. The Balaban J connectivity index is 2.38. The van der Waals surface area contributed by atoms with E-state index < -0.39 is 17.4 Å². The van der Waals surface area contributed by atoms with Crippen molar-refractivity contribution in [2.24, 2.45) is 7.05 Å². The summed E-state index contributed by atoms with van der Waals surface area (Å²) in [6.07, 6.45) is 0. The van der Waals surface area contributed by atoms with Crippen LogP contribution in [0.1, 0.15) is 48.4 Å². The Labute approximate surface area is 155 Å². The van der Waals surface area contributed by atoms with Gasteiger partial charge in [-0.05, 0) is 36.6 Å². The van der Waals surface area contributed by atoms with Crippen molar-refractivity contribution in [3.05, 3.63) is 51.3 Å². The van der Waals surface area contributed by atoms with Gasteiger partial charge in [0.2, 0.25) is 0 Å². The van der Waals surface area contributed by atoms with E-state index >= 15 is 0 Å². The average Bonchev–Trinajstić information content (AvgIpc) is 2.92. The summed E-state index contributed by atoms with van der Waals surface area (Å²) in [6.45, 7) is 5.35. The van der Waals surface area contributed by atoms with Gasteiger partial charge in [0.1, 0.15) is 5.69 Å². The van der Waals surface area contributed by atoms with Crippen LogP contribution >= 0.6 is 23.2 Å². The Morgan fingerprint density at radius 1 is 1.24 bits per heavy atom. The molecule has 0 spiro atoms. The molecule has 0 aliphatic heterocycles. The van der Waals surface area contributed by atoms with E-state index in [0.29, 0.717) is 10.6 Å². The molecule has 25 heavy (non-hydrogen) atoms. The zero-order valence-electron chi connectivity index (χ0n) is 14.3. The van der Waals surface area contributed by atoms with Gasteiger partial charge in [-0.25, -0.2) is 4.79 Å². The molecule has 0 aliphatic rings. The fraction of sp³-hybridized carbons (Fsp3) is 0.353. The predicted molar refractivity (Wildman–Crippen MR) is 96.2 cm³/mol. The van der Waals surface area contributed by atoms with E-state index in [2.05, 4.69) is 10.4 Å². The maximum atomic E-state index is 12.6. The summed E-state index contributed by atoms with van der Waals surface area (Å²) in [5.41, 5.74) is -0.348. The molecule has 0 radical (unpaired) electrons. The number of rotatable bonds is 5. The van der Waals surface area contributed by atoms with Gasteiger partial charge in [-0.15, -0.1) is 0 Å². The molecule has 0 fully saturated rings. The number of nitrogens with one attached hydrogen (secondary N) is 1. The van der Waals surface area contributed by atoms with E-state index in [4.69, 9.17) is 23.2 Å². The molecule has 6 nitrogen and oxygen atoms in total. The molecular weight excluding hydrogens is 365 g/mol. The highest BCUT2D eigenvalue weighted by atomic mass is 35.5. The van der Waals surface area contributed by atoms with E-state index in [1.165, 1.54) is 25.1 Å². The molecule has 0 bridgehead atoms. The quantitative estimate of drug-likeness (QED) is 0.825. The van der Waals surface area contributed by atoms with E-state index in [-0.39, 0.29) is 16.6 Å². The number of nitrogens with zero attached hydrogens (tertiary/aromatic N) is 2. The fourth-order valence-electron chi connectivity index (χ4n) is 2.48. The van der Waals surface area contributed by atoms with Crippen LogP contribution in [0.25, 0.3) is 0 Å². The van der Waals surface area contributed by atoms with Crippen molar-refractivity contribution in [1.82, 2.24) is 15.1 Å². The molecule has 1 heterocycles. The van der Waals surface area contributed by atoms with Gasteiger partial charge < -0.3 is 10.4 Å². The third kappa shape index (κ3) is 3.80. The molecule has 1 atom stereocenters. The van der Waals surface area contributed by atoms with Crippen LogP contribution in [0.15, 0.2) is 24.3 Å². The second-order valence-electron chi connectivity index (χ2n) is 6.25. The topological polar surface area (TPSA) is 84.2 Å². The number of hydrogen-bond donors (Lipinski definition) is 2. The first-order chi connectivity index (χ1) is 11.6. The smallest absolute Gasteiger partial charge is 0.333 e. The van der Waals surface area contributed by atoms with Crippen LogP contribution in [-0.4, -0.2) is 26.8 Å². The van der Waals surface area contributed by atoms with Gasteiger partial charge in [-0.2, -0.15) is 5.10 Å². The van der Waals surface area contributed by atoms with Crippen LogP contribution in [0.5, 0.6) is 0 Å². The lowest BCUT2D eigenvalue weighted by atomic mass is 9.92. The summed E-state index contributed by atoms with van der Waals surface area (Å²) >= 11 is 11.9. The van der Waals surface area contributed by atoms with E-state index in [0.717, 1.165) is 5.69 Å². The zero-order valence-corrected chi connectivity index (χ0v) is 15.8. The first-order valence-corrected chi connectivity index (χ1v) is 8.37. The maximum Gasteiger partial charge on any atom is 0.333 e. The first kappa shape index (κ1) is 19.3. The zero-order chi connectivity index (χ0) is 18.9. The number of carboxylic acid groups (broad SMARTS) is 1. The van der Waals surface area contributed by atoms with Crippen LogP contribution in [0, 0.1) is 0 Å². The highest BCUT2D eigenvalue weighted by Gasteiger charge is 2.38. The number of aryl methyl sites for hydroxylation is 1. The summed E-state index contributed by atoms with van der Waals surface area (Å²) in [4.78, 5) is 24.4. The van der Waals surface area contributed by atoms with Crippen molar-refractivity contribution in [2.45, 2.75) is 32.2 Å². The van der Waals surface area contributed by atoms with Crippen LogP contribution in [0.4, 0.5) is 0 Å². The molecule has 0 saturated carbocycles. The van der Waals surface area contributed by atoms with Crippen molar-refractivity contribution in [3.8, 4) is 0 Å². The molecule has 8 heteroatoms. The van der Waals surface area contributed by atoms with Crippen LogP contribution < -0.4 is 5.32 Å². The minimum Gasteiger partial charge on any atom is -0.479 e. The number of carbonyl (C=O) groups is 2. The lowest BCUT2D eigenvalue weighted by Crippen LogP contribution is -2.49. The van der Waals surface area contributed by atoms with Gasteiger partial charge in [0.05, 0.1) is 10.0 Å². The molecule has 0 saturated heterocycles. The highest BCUT2D eigenvalue weighted by molar-refractivity contribution is 6.42. The maximum absolute atomic E-state index is 12.6. The predicted octanol–water partition coefficient (Wildman–Crippen LogP) is 3.58. The third-order valence-electron chi connectivity index (χ3n) is 4.03. The second kappa shape index (κ2) is 7.06. The van der Waals surface area contributed by atoms with E-state index in [1.54, 1.807) is 17.8 Å². The number of halogens is 2. The van der Waals surface area contributed by atoms with Gasteiger partial charge in [-0.3, -0.25) is 9.48 Å². The summed E-state index contributed by atoms with van der Waals surface area (Å²) < 4.78 is 1.61. The molecule has 2 N–H and O–H groups in total. The van der Waals surface area contributed by atoms with Crippen LogP contribution in [0.3, 0.4) is 0 Å². The molecule has 1 unspecified atom stereocenters. The molecule has 2 aromatic rings. The fourth-order valence-corrected chi connectivity index (χ4v) is 2.78. The largest absolute Gasteiger partial charge is 0.479 e. The number of aromatic nitrogens is 2. The van der Waals surface area contributed by atoms with Crippen LogP contribution in [0.2, 0.25) is 10.0 Å². The molecule has 0 aliphatic carbocycles. The van der Waals surface area contributed by atoms with Gasteiger partial charge in [0.25, 0.3) is 5.91 Å². The Morgan fingerprint density at radius 3 is 2.36 bits per heavy atom. The monoisotopic (exact) mass is 383 g/mol. The van der Waals surface area contributed by atoms with E-state index in [1.807, 2.05) is 13.8 Å². The van der Waals surface area contributed by atoms with Gasteiger partial charge in [-0.1, -0.05) is 43.1 Å². The molecule has 1 aromatic carbocycles. The molecular formula is C17H19Cl2N3O3. The molecule has 1 amide bonds. The number of hydrogen-bond acceptors (Lipinski definition) is 3. The second-order valence-corrected chi connectivity index (χ2v) is 7.06. The lowest BCUT2D eigenvalue weighted by molar-refractivity contribution is -0.144. The minimum atomic E-state index is -1.68. The Morgan fingerprint density at radius 2 is 1.88 bits per heavy atom. The van der Waals surface area contributed by atoms with Gasteiger partial charge in [0, 0.05) is 12.7 Å². The number of amides is 1. The Hall–Kier alpha value is -2.05. The highest BCUT2D eigenvalue weighted by Crippen LogP contribution is 2.29. The van der Waals surface area contributed by atoms with Crippen molar-refractivity contribution >= 4 is 35.1 Å². The number of carbonyl (C=O) groups excluding carboxylic acids is 1. The summed E-state index contributed by atoms with van der Waals surface area (Å²) in [7, 11) is 1.74. The Bertz CT molecular complexity index is 833. The molecule has 2 rings (SSSR count). The van der Waals surface area contributed by atoms with Crippen molar-refractivity contribution in [1.29, 1.82) is 0 Å². The van der Waals surface area contributed by atoms with E-state index in [9.17, 15) is 14.7 Å². The summed E-state index contributed by atoms with van der Waals surface area (Å²) in [5, 5.41) is 16.9. The Kier molecular flexibility index (Phi) is 5.44. The minimum absolute atomic E-state index is 0.152. The van der Waals surface area contributed by atoms with Crippen molar-refractivity contribution in [3.63, 3.8) is 0 Å². The number of aliphatic carboxylic acids is 1. The van der Waals surface area contributed by atoms with Crippen molar-refractivity contribution in [2.75, 3.05) is 0 Å². The number of carboxylic acids is 1. The normalized spacial score (nSPS) is 13.6. The van der Waals surface area contributed by atoms with Gasteiger partial charge >= 0.3 is 5.97 Å². The average molecular weight is 384 g/mol. The lowest BCUT2D eigenvalue weighted by Gasteiger charge is -2.26. The van der Waals surface area contributed by atoms with Gasteiger partial charge in [0.15, 0.2) is 5.54 Å². The van der Waals surface area contributed by atoms with Crippen LogP contribution in [-0.2, 0) is 17.4 Å². The molecule has 1 aromatic heterocycles. The summed E-state index contributed by atoms with van der Waals surface area (Å²) in [5.74, 6) is -1.63. The van der Waals surface area contributed by atoms with Crippen molar-refractivity contribution < 1.29 is 14.7 Å².